The van der Waals surface area contributed by atoms with E-state index >= 15 is 0 Å². The van der Waals surface area contributed by atoms with Crippen LogP contribution in [-0.4, -0.2) is 59.8 Å². The van der Waals surface area contributed by atoms with Gasteiger partial charge in [0.25, 0.3) is 0 Å². The van der Waals surface area contributed by atoms with Crippen LogP contribution in [0, 0.1) is 5.92 Å². The second kappa shape index (κ2) is 12.9. The molecule has 0 aliphatic carbocycles. The summed E-state index contributed by atoms with van der Waals surface area (Å²) in [4.78, 5) is 47.2. The fraction of sp³-hybridized carbons (Fsp3) is 0.733. The van der Waals surface area contributed by atoms with Crippen LogP contribution in [0.25, 0.3) is 0 Å². The van der Waals surface area contributed by atoms with E-state index in [2.05, 4.69) is 21.3 Å². The van der Waals surface area contributed by atoms with Gasteiger partial charge in [0, 0.05) is 26.1 Å². The molecule has 0 rings (SSSR count). The first-order valence-corrected chi connectivity index (χ1v) is 9.65. The molecule has 0 aromatic heterocycles. The number of amides is 4. The average Bonchev–Trinajstić information content (AvgIpc) is 2.56. The van der Waals surface area contributed by atoms with Crippen molar-refractivity contribution in [2.75, 3.05) is 24.1 Å². The molecule has 0 saturated heterocycles. The van der Waals surface area contributed by atoms with Gasteiger partial charge in [0.2, 0.25) is 23.6 Å². The highest BCUT2D eigenvalue weighted by Crippen LogP contribution is 2.03. The summed E-state index contributed by atoms with van der Waals surface area (Å²) in [5, 5.41) is 10.4. The third kappa shape index (κ3) is 10.2. The number of hydrogen-bond donors (Lipinski definition) is 5. The molecule has 0 aromatic rings. The zero-order chi connectivity index (χ0) is 19.4. The van der Waals surface area contributed by atoms with Crippen LogP contribution in [0.1, 0.15) is 27.2 Å². The highest BCUT2D eigenvalue weighted by atomic mass is 127. The molecule has 0 radical (unpaired) electrons. The van der Waals surface area contributed by atoms with Crippen molar-refractivity contribution in [1.29, 1.82) is 0 Å². The fourth-order valence-corrected chi connectivity index (χ4v) is 2.13. The zero-order valence-electron chi connectivity index (χ0n) is 14.9. The minimum absolute atomic E-state index is 0.0748. The standard InChI is InChI=1S/C15H28IN5O4/c1-9(2)13(21-11(22)4-6-18-12(23)8-16)15(25)20-10(3)14(24)19-7-5-17/h9-10,13H,4-8,17H2,1-3H3,(H,18,23)(H,19,24)(H,20,25)(H,21,22)/t10-,13?/m0/s1. The van der Waals surface area contributed by atoms with E-state index in [0.29, 0.717) is 17.5 Å². The number of alkyl halides is 1. The topological polar surface area (TPSA) is 142 Å². The van der Waals surface area contributed by atoms with Crippen LogP contribution in [0.15, 0.2) is 0 Å². The minimum atomic E-state index is -0.766. The Labute approximate surface area is 161 Å². The fourth-order valence-electron chi connectivity index (χ4n) is 1.86. The van der Waals surface area contributed by atoms with Gasteiger partial charge in [-0.25, -0.2) is 0 Å². The molecule has 0 aromatic carbocycles. The van der Waals surface area contributed by atoms with Crippen LogP contribution in [0.2, 0.25) is 0 Å². The number of hydrogen-bond acceptors (Lipinski definition) is 5. The molecule has 0 heterocycles. The van der Waals surface area contributed by atoms with E-state index < -0.39 is 18.0 Å². The monoisotopic (exact) mass is 469 g/mol. The second-order valence-corrected chi connectivity index (χ2v) is 6.60. The number of nitrogens with one attached hydrogen (secondary N) is 4. The molecule has 4 amide bonds. The molecule has 2 atom stereocenters. The van der Waals surface area contributed by atoms with E-state index in [1.807, 2.05) is 22.6 Å². The SMILES string of the molecule is CC(C)C(NC(=O)CCNC(=O)CI)C(=O)N[C@@H](C)C(=O)NCCN. The van der Waals surface area contributed by atoms with Gasteiger partial charge in [0.15, 0.2) is 0 Å². The molecule has 25 heavy (non-hydrogen) atoms. The number of carbonyl (C=O) groups excluding carboxylic acids is 4. The van der Waals surface area contributed by atoms with Gasteiger partial charge in [-0.05, 0) is 12.8 Å². The number of carbonyl (C=O) groups is 4. The Morgan fingerprint density at radius 3 is 2.08 bits per heavy atom. The maximum absolute atomic E-state index is 12.3. The van der Waals surface area contributed by atoms with E-state index in [0.717, 1.165) is 0 Å². The maximum Gasteiger partial charge on any atom is 0.243 e. The smallest absolute Gasteiger partial charge is 0.243 e. The van der Waals surface area contributed by atoms with Gasteiger partial charge in [-0.3, -0.25) is 19.2 Å². The summed E-state index contributed by atoms with van der Waals surface area (Å²) in [6, 6.07) is -1.50. The van der Waals surface area contributed by atoms with Crippen LogP contribution in [0.4, 0.5) is 0 Å². The highest BCUT2D eigenvalue weighted by Gasteiger charge is 2.26. The van der Waals surface area contributed by atoms with Gasteiger partial charge >= 0.3 is 0 Å². The zero-order valence-corrected chi connectivity index (χ0v) is 17.0. The second-order valence-electron chi connectivity index (χ2n) is 5.83. The molecule has 6 N–H and O–H groups in total. The van der Waals surface area contributed by atoms with Crippen molar-refractivity contribution in [3.63, 3.8) is 0 Å². The lowest BCUT2D eigenvalue weighted by Gasteiger charge is -2.23. The van der Waals surface area contributed by atoms with E-state index in [4.69, 9.17) is 5.73 Å². The molecule has 0 fully saturated rings. The molecule has 0 aliphatic rings. The normalized spacial score (nSPS) is 12.9. The summed E-state index contributed by atoms with van der Waals surface area (Å²) < 4.78 is 0.320. The van der Waals surface area contributed by atoms with Gasteiger partial charge in [0.05, 0.1) is 4.43 Å². The Morgan fingerprint density at radius 1 is 0.920 bits per heavy atom. The van der Waals surface area contributed by atoms with Crippen LogP contribution < -0.4 is 27.0 Å². The predicted molar refractivity (Wildman–Crippen MR) is 103 cm³/mol. The summed E-state index contributed by atoms with van der Waals surface area (Å²) in [5.41, 5.74) is 5.31. The van der Waals surface area contributed by atoms with Crippen molar-refractivity contribution in [3.05, 3.63) is 0 Å². The minimum Gasteiger partial charge on any atom is -0.355 e. The quantitative estimate of drug-likeness (QED) is 0.188. The summed E-state index contributed by atoms with van der Waals surface area (Å²) in [6.45, 7) is 5.99. The molecule has 1 unspecified atom stereocenters. The summed E-state index contributed by atoms with van der Waals surface area (Å²) in [7, 11) is 0. The maximum atomic E-state index is 12.3. The van der Waals surface area contributed by atoms with Crippen molar-refractivity contribution in [3.8, 4) is 0 Å². The van der Waals surface area contributed by atoms with Crippen LogP contribution >= 0.6 is 22.6 Å². The Bertz CT molecular complexity index is 473. The lowest BCUT2D eigenvalue weighted by Crippen LogP contribution is -2.55. The first-order valence-electron chi connectivity index (χ1n) is 8.13. The van der Waals surface area contributed by atoms with Gasteiger partial charge in [0.1, 0.15) is 12.1 Å². The van der Waals surface area contributed by atoms with Gasteiger partial charge < -0.3 is 27.0 Å². The largest absolute Gasteiger partial charge is 0.355 e. The summed E-state index contributed by atoms with van der Waals surface area (Å²) in [5.74, 6) is -1.43. The molecule has 10 heteroatoms. The Morgan fingerprint density at radius 2 is 1.56 bits per heavy atom. The molecule has 0 bridgehead atoms. The van der Waals surface area contributed by atoms with Crippen molar-refractivity contribution < 1.29 is 19.2 Å². The molecule has 9 nitrogen and oxygen atoms in total. The molecular weight excluding hydrogens is 441 g/mol. The van der Waals surface area contributed by atoms with Crippen LogP contribution in [0.5, 0.6) is 0 Å². The third-order valence-corrected chi connectivity index (χ3v) is 3.95. The van der Waals surface area contributed by atoms with Crippen LogP contribution in [-0.2, 0) is 19.2 Å². The average molecular weight is 469 g/mol. The van der Waals surface area contributed by atoms with Crippen molar-refractivity contribution in [2.45, 2.75) is 39.3 Å². The number of rotatable bonds is 11. The molecular formula is C15H28IN5O4. The van der Waals surface area contributed by atoms with Gasteiger partial charge in [-0.1, -0.05) is 36.4 Å². The van der Waals surface area contributed by atoms with Crippen molar-refractivity contribution >= 4 is 46.2 Å². The Hall–Kier alpha value is -1.43. The predicted octanol–water partition coefficient (Wildman–Crippen LogP) is -1.35. The van der Waals surface area contributed by atoms with Gasteiger partial charge in [-0.15, -0.1) is 0 Å². The Balaban J connectivity index is 4.51. The molecule has 0 aliphatic heterocycles. The Kier molecular flexibility index (Phi) is 12.1. The van der Waals surface area contributed by atoms with E-state index in [1.165, 1.54) is 0 Å². The van der Waals surface area contributed by atoms with E-state index in [1.54, 1.807) is 20.8 Å². The summed E-state index contributed by atoms with van der Waals surface area (Å²) in [6.07, 6.45) is 0.0748. The lowest BCUT2D eigenvalue weighted by atomic mass is 10.0. The van der Waals surface area contributed by atoms with Crippen molar-refractivity contribution in [2.24, 2.45) is 11.7 Å². The molecule has 144 valence electrons. The van der Waals surface area contributed by atoms with Gasteiger partial charge in [-0.2, -0.15) is 0 Å². The first-order chi connectivity index (χ1) is 11.7. The number of nitrogens with two attached hydrogens (primary N) is 1. The number of halogens is 1. The van der Waals surface area contributed by atoms with Crippen molar-refractivity contribution in [1.82, 2.24) is 21.3 Å². The third-order valence-electron chi connectivity index (χ3n) is 3.26. The highest BCUT2D eigenvalue weighted by molar-refractivity contribution is 14.1. The van der Waals surface area contributed by atoms with E-state index in [9.17, 15) is 19.2 Å². The first kappa shape index (κ1) is 23.6. The molecule has 0 saturated carbocycles. The lowest BCUT2D eigenvalue weighted by molar-refractivity contribution is -0.132. The van der Waals surface area contributed by atoms with E-state index in [-0.39, 0.29) is 36.6 Å². The molecule has 0 spiro atoms. The van der Waals surface area contributed by atoms with Crippen LogP contribution in [0.3, 0.4) is 0 Å². The summed E-state index contributed by atoms with van der Waals surface area (Å²) >= 11 is 1.93.